The van der Waals surface area contributed by atoms with E-state index in [-0.39, 0.29) is 10.8 Å². The summed E-state index contributed by atoms with van der Waals surface area (Å²) in [5.74, 6) is 0.845. The van der Waals surface area contributed by atoms with Gasteiger partial charge in [-0.3, -0.25) is 19.4 Å². The minimum absolute atomic E-state index is 0.0568. The number of unbranched alkanes of at least 4 members (excludes halogenated alkanes) is 1. The van der Waals surface area contributed by atoms with Gasteiger partial charge >= 0.3 is 0 Å². The highest BCUT2D eigenvalue weighted by Crippen LogP contribution is 2.24. The SMILES string of the molecule is CCCCOc1cccc(CN2CCN(C(=O)c3ccc(NS(=O)(=O)c4cccc5cccnc45)cc3)CC2)c1. The number of para-hydroxylation sites is 1. The van der Waals surface area contributed by atoms with Gasteiger partial charge in [-0.25, -0.2) is 8.42 Å². The molecule has 2 heterocycles. The number of sulfonamides is 1. The summed E-state index contributed by atoms with van der Waals surface area (Å²) < 4.78 is 34.6. The first-order chi connectivity index (χ1) is 19.4. The van der Waals surface area contributed by atoms with Gasteiger partial charge in [0.2, 0.25) is 0 Å². The number of rotatable bonds is 10. The van der Waals surface area contributed by atoms with Gasteiger partial charge in [-0.15, -0.1) is 0 Å². The van der Waals surface area contributed by atoms with Gasteiger partial charge in [0.15, 0.2) is 0 Å². The Kier molecular flexibility index (Phi) is 8.62. The Morgan fingerprint density at radius 2 is 1.70 bits per heavy atom. The monoisotopic (exact) mass is 558 g/mol. The maximum atomic E-state index is 13.1. The van der Waals surface area contributed by atoms with Crippen molar-refractivity contribution in [3.8, 4) is 5.75 Å². The van der Waals surface area contributed by atoms with E-state index >= 15 is 0 Å². The standard InChI is InChI=1S/C31H34N4O4S/c1-2-3-21-39-28-10-4-7-24(22-28)23-34-17-19-35(20-18-34)31(36)26-12-14-27(15-13-26)33-40(37,38)29-11-5-8-25-9-6-16-32-30(25)29/h4-16,22,33H,2-3,17-21,23H2,1H3. The third kappa shape index (κ3) is 6.60. The number of pyridine rings is 1. The van der Waals surface area contributed by atoms with Crippen LogP contribution in [0.1, 0.15) is 35.7 Å². The number of aromatic nitrogens is 1. The number of ether oxygens (including phenoxy) is 1. The van der Waals surface area contributed by atoms with E-state index in [0.29, 0.717) is 29.9 Å². The fourth-order valence-corrected chi connectivity index (χ4v) is 6.04. The zero-order chi connectivity index (χ0) is 28.0. The second-order valence-corrected chi connectivity index (χ2v) is 11.6. The molecule has 0 bridgehead atoms. The number of hydrogen-bond acceptors (Lipinski definition) is 6. The number of nitrogens with one attached hydrogen (secondary N) is 1. The maximum absolute atomic E-state index is 13.1. The van der Waals surface area contributed by atoms with Crippen molar-refractivity contribution in [3.05, 3.63) is 96.2 Å². The summed E-state index contributed by atoms with van der Waals surface area (Å²) in [6.45, 7) is 6.52. The number of anilines is 1. The molecule has 1 aliphatic rings. The number of amides is 1. The van der Waals surface area contributed by atoms with Crippen molar-refractivity contribution in [1.82, 2.24) is 14.8 Å². The van der Waals surface area contributed by atoms with E-state index in [1.54, 1.807) is 42.6 Å². The molecule has 0 unspecified atom stereocenters. The summed E-state index contributed by atoms with van der Waals surface area (Å²) >= 11 is 0. The first-order valence-corrected chi connectivity index (χ1v) is 15.1. The highest BCUT2D eigenvalue weighted by atomic mass is 32.2. The van der Waals surface area contributed by atoms with Crippen LogP contribution in [0.2, 0.25) is 0 Å². The Hall–Kier alpha value is -3.95. The molecule has 208 valence electrons. The Labute approximate surface area is 235 Å². The summed E-state index contributed by atoms with van der Waals surface area (Å²) in [7, 11) is -3.86. The van der Waals surface area contributed by atoms with E-state index in [4.69, 9.17) is 4.74 Å². The van der Waals surface area contributed by atoms with Gasteiger partial charge in [0.1, 0.15) is 10.6 Å². The quantitative estimate of drug-likeness (QED) is 0.270. The Morgan fingerprint density at radius 3 is 2.48 bits per heavy atom. The van der Waals surface area contributed by atoms with Crippen molar-refractivity contribution in [2.75, 3.05) is 37.5 Å². The van der Waals surface area contributed by atoms with Gasteiger partial charge in [0.25, 0.3) is 15.9 Å². The molecule has 1 aromatic heterocycles. The highest BCUT2D eigenvalue weighted by Gasteiger charge is 2.23. The van der Waals surface area contributed by atoms with Gasteiger partial charge in [0.05, 0.1) is 12.1 Å². The summed E-state index contributed by atoms with van der Waals surface area (Å²) in [5.41, 5.74) is 2.53. The molecule has 0 saturated carbocycles. The normalized spacial score (nSPS) is 14.3. The topological polar surface area (TPSA) is 91.8 Å². The van der Waals surface area contributed by atoms with Crippen molar-refractivity contribution in [2.45, 2.75) is 31.2 Å². The summed E-state index contributed by atoms with van der Waals surface area (Å²) in [4.78, 5) is 21.7. The molecule has 0 spiro atoms. The second-order valence-electron chi connectivity index (χ2n) is 9.93. The number of hydrogen-bond donors (Lipinski definition) is 1. The fraction of sp³-hybridized carbons (Fsp3) is 0.290. The van der Waals surface area contributed by atoms with E-state index in [1.165, 1.54) is 11.6 Å². The molecule has 1 saturated heterocycles. The number of fused-ring (bicyclic) bond motifs is 1. The number of carbonyl (C=O) groups excluding carboxylic acids is 1. The van der Waals surface area contributed by atoms with E-state index in [2.05, 4.69) is 33.7 Å². The van der Waals surface area contributed by atoms with Crippen LogP contribution in [-0.2, 0) is 16.6 Å². The minimum atomic E-state index is -3.86. The lowest BCUT2D eigenvalue weighted by Gasteiger charge is -2.34. The Morgan fingerprint density at radius 1 is 0.950 bits per heavy atom. The molecule has 4 aromatic rings. The van der Waals surface area contributed by atoms with Gasteiger partial charge in [-0.1, -0.05) is 43.7 Å². The van der Waals surface area contributed by atoms with Crippen LogP contribution < -0.4 is 9.46 Å². The van der Waals surface area contributed by atoms with E-state index in [9.17, 15) is 13.2 Å². The van der Waals surface area contributed by atoms with E-state index in [0.717, 1.165) is 50.2 Å². The second kappa shape index (κ2) is 12.5. The average molecular weight is 559 g/mol. The molecule has 3 aromatic carbocycles. The smallest absolute Gasteiger partial charge is 0.264 e. The van der Waals surface area contributed by atoms with Crippen LogP contribution in [0.4, 0.5) is 5.69 Å². The molecule has 0 aliphatic carbocycles. The predicted molar refractivity (Wildman–Crippen MR) is 157 cm³/mol. The first-order valence-electron chi connectivity index (χ1n) is 13.6. The summed E-state index contributed by atoms with van der Waals surface area (Å²) in [6, 6.07) is 23.4. The molecule has 0 atom stereocenters. The molecule has 1 fully saturated rings. The third-order valence-corrected chi connectivity index (χ3v) is 8.41. The van der Waals surface area contributed by atoms with Crippen LogP contribution in [-0.4, -0.2) is 61.9 Å². The zero-order valence-electron chi connectivity index (χ0n) is 22.6. The summed E-state index contributed by atoms with van der Waals surface area (Å²) in [5, 5.41) is 0.747. The van der Waals surface area contributed by atoms with Crippen molar-refractivity contribution in [2.24, 2.45) is 0 Å². The van der Waals surface area contributed by atoms with Crippen molar-refractivity contribution >= 4 is 32.5 Å². The highest BCUT2D eigenvalue weighted by molar-refractivity contribution is 7.93. The largest absolute Gasteiger partial charge is 0.494 e. The van der Waals surface area contributed by atoms with Crippen molar-refractivity contribution < 1.29 is 17.9 Å². The molecule has 1 amide bonds. The molecule has 5 rings (SSSR count). The molecule has 40 heavy (non-hydrogen) atoms. The summed E-state index contributed by atoms with van der Waals surface area (Å²) in [6.07, 6.45) is 3.72. The average Bonchev–Trinajstić information content (AvgIpc) is 2.97. The number of piperazine rings is 1. The molecule has 8 nitrogen and oxygen atoms in total. The van der Waals surface area contributed by atoms with Crippen molar-refractivity contribution in [1.29, 1.82) is 0 Å². The Balaban J connectivity index is 1.16. The van der Waals surface area contributed by atoms with Crippen molar-refractivity contribution in [3.63, 3.8) is 0 Å². The van der Waals surface area contributed by atoms with Gasteiger partial charge in [-0.2, -0.15) is 0 Å². The minimum Gasteiger partial charge on any atom is -0.494 e. The van der Waals surface area contributed by atoms with Crippen LogP contribution in [0.15, 0.2) is 90.0 Å². The lowest BCUT2D eigenvalue weighted by Crippen LogP contribution is -2.48. The lowest BCUT2D eigenvalue weighted by molar-refractivity contribution is 0.0628. The maximum Gasteiger partial charge on any atom is 0.264 e. The van der Waals surface area contributed by atoms with Gasteiger partial charge in [-0.05, 0) is 60.5 Å². The van der Waals surface area contributed by atoms with E-state index < -0.39 is 10.0 Å². The lowest BCUT2D eigenvalue weighted by atomic mass is 10.1. The van der Waals surface area contributed by atoms with Crippen LogP contribution in [0.25, 0.3) is 10.9 Å². The Bertz CT molecular complexity index is 1560. The third-order valence-electron chi connectivity index (χ3n) is 7.00. The van der Waals surface area contributed by atoms with Crippen LogP contribution >= 0.6 is 0 Å². The number of benzene rings is 3. The van der Waals surface area contributed by atoms with Gasteiger partial charge < -0.3 is 9.64 Å². The van der Waals surface area contributed by atoms with Crippen LogP contribution in [0.5, 0.6) is 5.75 Å². The molecular formula is C31H34N4O4S. The van der Waals surface area contributed by atoms with Crippen LogP contribution in [0, 0.1) is 0 Å². The number of nitrogens with zero attached hydrogens (tertiary/aromatic N) is 3. The first kappa shape index (κ1) is 27.6. The predicted octanol–water partition coefficient (Wildman–Crippen LogP) is 5.17. The molecule has 9 heteroatoms. The van der Waals surface area contributed by atoms with Crippen LogP contribution in [0.3, 0.4) is 0 Å². The number of carbonyl (C=O) groups is 1. The van der Waals surface area contributed by atoms with Gasteiger partial charge in [0, 0.05) is 55.6 Å². The van der Waals surface area contributed by atoms with E-state index in [1.807, 2.05) is 29.2 Å². The molecule has 1 N–H and O–H groups in total. The zero-order valence-corrected chi connectivity index (χ0v) is 23.4. The molecule has 0 radical (unpaired) electrons. The molecular weight excluding hydrogens is 524 g/mol. The molecule has 1 aliphatic heterocycles. The fourth-order valence-electron chi connectivity index (χ4n) is 4.80.